The van der Waals surface area contributed by atoms with E-state index in [9.17, 15) is 14.0 Å². The van der Waals surface area contributed by atoms with E-state index < -0.39 is 11.7 Å². The number of nitrogens with one attached hydrogen (secondary N) is 1. The molecule has 1 fully saturated rings. The van der Waals surface area contributed by atoms with Crippen LogP contribution in [0.2, 0.25) is 10.0 Å². The van der Waals surface area contributed by atoms with Crippen molar-refractivity contribution < 1.29 is 14.0 Å². The quantitative estimate of drug-likeness (QED) is 0.771. The maximum Gasteiger partial charge on any atom is 0.255 e. The Bertz CT molecular complexity index is 830. The molecule has 0 radical (unpaired) electrons. The number of halogens is 3. The number of piperidine rings is 1. The molecule has 2 aromatic carbocycles. The fourth-order valence-electron chi connectivity index (χ4n) is 3.00. The first-order chi connectivity index (χ1) is 12.5. The van der Waals surface area contributed by atoms with Crippen LogP contribution in [-0.4, -0.2) is 29.8 Å². The highest BCUT2D eigenvalue weighted by atomic mass is 35.5. The van der Waals surface area contributed by atoms with Gasteiger partial charge in [-0.15, -0.1) is 0 Å². The minimum Gasteiger partial charge on any atom is -0.338 e. The van der Waals surface area contributed by atoms with Crippen LogP contribution in [0.5, 0.6) is 0 Å². The molecule has 0 aromatic heterocycles. The lowest BCUT2D eigenvalue weighted by atomic mass is 9.96. The summed E-state index contributed by atoms with van der Waals surface area (Å²) in [5.74, 6) is -1.57. The van der Waals surface area contributed by atoms with E-state index >= 15 is 0 Å². The Kier molecular flexibility index (Phi) is 5.79. The zero-order valence-electron chi connectivity index (χ0n) is 13.8. The minimum atomic E-state index is -0.699. The van der Waals surface area contributed by atoms with Crippen molar-refractivity contribution in [2.24, 2.45) is 5.92 Å². The van der Waals surface area contributed by atoms with Gasteiger partial charge in [0.25, 0.3) is 5.91 Å². The second-order valence-corrected chi connectivity index (χ2v) is 7.01. The predicted octanol–water partition coefficient (Wildman–Crippen LogP) is 4.62. The Morgan fingerprint density at radius 2 is 1.85 bits per heavy atom. The molecule has 4 nitrogen and oxygen atoms in total. The van der Waals surface area contributed by atoms with Gasteiger partial charge in [-0.3, -0.25) is 9.59 Å². The number of anilines is 1. The molecule has 0 aliphatic carbocycles. The van der Waals surface area contributed by atoms with Crippen molar-refractivity contribution in [3.8, 4) is 0 Å². The van der Waals surface area contributed by atoms with Crippen LogP contribution in [0.25, 0.3) is 0 Å². The van der Waals surface area contributed by atoms with Gasteiger partial charge < -0.3 is 10.2 Å². The van der Waals surface area contributed by atoms with Crippen molar-refractivity contribution in [3.63, 3.8) is 0 Å². The molecule has 1 aliphatic rings. The number of hydrogen-bond donors (Lipinski definition) is 1. The van der Waals surface area contributed by atoms with Crippen LogP contribution in [0.4, 0.5) is 10.1 Å². The van der Waals surface area contributed by atoms with Crippen molar-refractivity contribution in [2.75, 3.05) is 18.4 Å². The lowest BCUT2D eigenvalue weighted by molar-refractivity contribution is -0.121. The second-order valence-electron chi connectivity index (χ2n) is 6.19. The molecule has 2 amide bonds. The van der Waals surface area contributed by atoms with Gasteiger partial charge >= 0.3 is 0 Å². The first kappa shape index (κ1) is 18.7. The Hall–Kier alpha value is -2.11. The first-order valence-electron chi connectivity index (χ1n) is 8.25. The summed E-state index contributed by atoms with van der Waals surface area (Å²) in [6, 6.07) is 11.4. The number of rotatable bonds is 3. The topological polar surface area (TPSA) is 49.4 Å². The molecular formula is C19H17Cl2FN2O2. The van der Waals surface area contributed by atoms with Crippen molar-refractivity contribution in [1.82, 2.24) is 4.90 Å². The van der Waals surface area contributed by atoms with E-state index in [1.807, 2.05) is 18.2 Å². The molecule has 136 valence electrons. The number of carbonyl (C=O) groups excluding carboxylic acids is 2. The molecular weight excluding hydrogens is 378 g/mol. The largest absolute Gasteiger partial charge is 0.338 e. The molecule has 0 bridgehead atoms. The van der Waals surface area contributed by atoms with E-state index in [0.717, 1.165) is 6.07 Å². The van der Waals surface area contributed by atoms with Crippen molar-refractivity contribution in [3.05, 3.63) is 63.9 Å². The molecule has 1 N–H and O–H groups in total. The molecule has 1 atom stereocenters. The van der Waals surface area contributed by atoms with Crippen molar-refractivity contribution >= 4 is 40.7 Å². The Morgan fingerprint density at radius 1 is 1.12 bits per heavy atom. The van der Waals surface area contributed by atoms with E-state index in [1.54, 1.807) is 12.1 Å². The smallest absolute Gasteiger partial charge is 0.255 e. The third-order valence-corrected chi connectivity index (χ3v) is 4.96. The first-order valence-corrected chi connectivity index (χ1v) is 9.01. The van der Waals surface area contributed by atoms with Crippen LogP contribution < -0.4 is 5.32 Å². The van der Waals surface area contributed by atoms with Gasteiger partial charge in [-0.05, 0) is 37.1 Å². The standard InChI is InChI=1S/C19H17Cl2FN2O2/c20-15-10-16(21)17(22)9-14(15)19(26)24-8-4-5-12(11-24)18(25)23-13-6-2-1-3-7-13/h1-3,6-7,9-10,12H,4-5,8,11H2,(H,23,25). The zero-order valence-corrected chi connectivity index (χ0v) is 15.4. The average molecular weight is 395 g/mol. The number of benzene rings is 2. The number of nitrogens with zero attached hydrogens (tertiary/aromatic N) is 1. The van der Waals surface area contributed by atoms with Crippen LogP contribution in [0.15, 0.2) is 42.5 Å². The van der Waals surface area contributed by atoms with Gasteiger partial charge in [-0.25, -0.2) is 4.39 Å². The predicted molar refractivity (Wildman–Crippen MR) is 100 cm³/mol. The van der Waals surface area contributed by atoms with Gasteiger partial charge in [0.05, 0.1) is 21.5 Å². The fraction of sp³-hybridized carbons (Fsp3) is 0.263. The Balaban J connectivity index is 1.71. The van der Waals surface area contributed by atoms with E-state index in [-0.39, 0.29) is 34.0 Å². The normalized spacial score (nSPS) is 17.0. The van der Waals surface area contributed by atoms with Gasteiger partial charge in [0.1, 0.15) is 5.82 Å². The fourth-order valence-corrected chi connectivity index (χ4v) is 3.46. The molecule has 1 aliphatic heterocycles. The third kappa shape index (κ3) is 4.17. The molecule has 3 rings (SSSR count). The van der Waals surface area contributed by atoms with Crippen molar-refractivity contribution in [1.29, 1.82) is 0 Å². The summed E-state index contributed by atoms with van der Waals surface area (Å²) >= 11 is 11.7. The monoisotopic (exact) mass is 394 g/mol. The van der Waals surface area contributed by atoms with Crippen molar-refractivity contribution in [2.45, 2.75) is 12.8 Å². The van der Waals surface area contributed by atoms with E-state index in [0.29, 0.717) is 25.1 Å². The summed E-state index contributed by atoms with van der Waals surface area (Å²) in [6.07, 6.45) is 1.37. The molecule has 2 aromatic rings. The summed E-state index contributed by atoms with van der Waals surface area (Å²) in [7, 11) is 0. The summed E-state index contributed by atoms with van der Waals surface area (Å²) in [4.78, 5) is 26.7. The minimum absolute atomic E-state index is 0.0534. The van der Waals surface area contributed by atoms with Gasteiger partial charge in [0.2, 0.25) is 5.91 Å². The van der Waals surface area contributed by atoms with Gasteiger partial charge in [-0.2, -0.15) is 0 Å². The summed E-state index contributed by atoms with van der Waals surface area (Å²) < 4.78 is 13.7. The molecule has 0 spiro atoms. The van der Waals surface area contributed by atoms with Crippen LogP contribution in [-0.2, 0) is 4.79 Å². The second kappa shape index (κ2) is 8.06. The number of hydrogen-bond acceptors (Lipinski definition) is 2. The number of carbonyl (C=O) groups is 2. The highest BCUT2D eigenvalue weighted by molar-refractivity contribution is 6.36. The number of amides is 2. The third-order valence-electron chi connectivity index (χ3n) is 4.36. The zero-order chi connectivity index (χ0) is 18.7. The van der Waals surface area contributed by atoms with Gasteiger partial charge in [-0.1, -0.05) is 41.4 Å². The molecule has 7 heteroatoms. The average Bonchev–Trinajstić information content (AvgIpc) is 2.65. The summed E-state index contributed by atoms with van der Waals surface area (Å²) in [6.45, 7) is 0.757. The van der Waals surface area contributed by atoms with Gasteiger partial charge in [0, 0.05) is 18.8 Å². The lowest BCUT2D eigenvalue weighted by Gasteiger charge is -2.32. The van der Waals surface area contributed by atoms with Crippen LogP contribution in [0.3, 0.4) is 0 Å². The Labute approximate surface area is 160 Å². The molecule has 1 unspecified atom stereocenters. The maximum absolute atomic E-state index is 13.7. The highest BCUT2D eigenvalue weighted by Gasteiger charge is 2.30. The highest BCUT2D eigenvalue weighted by Crippen LogP contribution is 2.27. The molecule has 26 heavy (non-hydrogen) atoms. The van der Waals surface area contributed by atoms with E-state index in [4.69, 9.17) is 23.2 Å². The summed E-state index contributed by atoms with van der Waals surface area (Å²) in [5.41, 5.74) is 0.765. The van der Waals surface area contributed by atoms with Crippen LogP contribution in [0, 0.1) is 11.7 Å². The number of likely N-dealkylation sites (tertiary alicyclic amines) is 1. The van der Waals surface area contributed by atoms with E-state index in [2.05, 4.69) is 5.32 Å². The van der Waals surface area contributed by atoms with Crippen LogP contribution in [0.1, 0.15) is 23.2 Å². The van der Waals surface area contributed by atoms with E-state index in [1.165, 1.54) is 11.0 Å². The van der Waals surface area contributed by atoms with Gasteiger partial charge in [0.15, 0.2) is 0 Å². The molecule has 1 heterocycles. The number of para-hydroxylation sites is 1. The molecule has 0 saturated carbocycles. The van der Waals surface area contributed by atoms with Crippen LogP contribution >= 0.6 is 23.2 Å². The molecule has 1 saturated heterocycles. The summed E-state index contributed by atoms with van der Waals surface area (Å²) in [5, 5.41) is 2.82. The SMILES string of the molecule is O=C(Nc1ccccc1)C1CCCN(C(=O)c2cc(F)c(Cl)cc2Cl)C1. The maximum atomic E-state index is 13.7. The Morgan fingerprint density at radius 3 is 2.58 bits per heavy atom. The lowest BCUT2D eigenvalue weighted by Crippen LogP contribution is -2.43.